The summed E-state index contributed by atoms with van der Waals surface area (Å²) in [7, 11) is 0. The Morgan fingerprint density at radius 1 is 0.588 bits per heavy atom. The van der Waals surface area contributed by atoms with E-state index in [1.165, 1.54) is 0 Å². The SMILES string of the molecule is CCCOc1ccc(C2=c3ccc4c(c3OC2=O)OC(=O)C=4c2ccc(OCCC)cc2)cc1. The first kappa shape index (κ1) is 21.8. The lowest BCUT2D eigenvalue weighted by molar-refractivity contribution is -0.129. The van der Waals surface area contributed by atoms with Crippen LogP contribution in [-0.2, 0) is 9.59 Å². The van der Waals surface area contributed by atoms with Crippen LogP contribution in [0.15, 0.2) is 60.7 Å². The van der Waals surface area contributed by atoms with Crippen LogP contribution in [-0.4, -0.2) is 25.2 Å². The molecule has 0 spiro atoms. The molecule has 3 aromatic rings. The Morgan fingerprint density at radius 3 is 1.32 bits per heavy atom. The molecule has 0 N–H and O–H groups in total. The van der Waals surface area contributed by atoms with Gasteiger partial charge in [0, 0.05) is 10.4 Å². The van der Waals surface area contributed by atoms with E-state index < -0.39 is 11.9 Å². The van der Waals surface area contributed by atoms with Crippen LogP contribution in [0.3, 0.4) is 0 Å². The molecular formula is C28H24O6. The molecule has 0 saturated heterocycles. The van der Waals surface area contributed by atoms with Crippen molar-refractivity contribution in [3.8, 4) is 23.0 Å². The Balaban J connectivity index is 1.56. The lowest BCUT2D eigenvalue weighted by Gasteiger charge is -2.05. The number of esters is 2. The summed E-state index contributed by atoms with van der Waals surface area (Å²) in [6, 6.07) is 18.2. The normalized spacial score (nSPS) is 13.9. The van der Waals surface area contributed by atoms with Gasteiger partial charge in [-0.1, -0.05) is 38.1 Å². The van der Waals surface area contributed by atoms with Crippen molar-refractivity contribution in [2.24, 2.45) is 0 Å². The third-order valence-electron chi connectivity index (χ3n) is 5.68. The van der Waals surface area contributed by atoms with Crippen LogP contribution in [0.1, 0.15) is 37.8 Å². The van der Waals surface area contributed by atoms with Gasteiger partial charge >= 0.3 is 11.9 Å². The molecular weight excluding hydrogens is 432 g/mol. The van der Waals surface area contributed by atoms with Crippen molar-refractivity contribution in [1.82, 2.24) is 0 Å². The molecule has 5 rings (SSSR count). The Labute approximate surface area is 197 Å². The van der Waals surface area contributed by atoms with E-state index in [4.69, 9.17) is 18.9 Å². The van der Waals surface area contributed by atoms with E-state index in [0.29, 0.717) is 45.9 Å². The van der Waals surface area contributed by atoms with E-state index >= 15 is 0 Å². The fraction of sp³-hybridized carbons (Fsp3) is 0.214. The second-order valence-electron chi connectivity index (χ2n) is 8.09. The zero-order valence-corrected chi connectivity index (χ0v) is 19.1. The van der Waals surface area contributed by atoms with Crippen LogP contribution >= 0.6 is 0 Å². The highest BCUT2D eigenvalue weighted by molar-refractivity contribution is 6.22. The predicted molar refractivity (Wildman–Crippen MR) is 126 cm³/mol. The second kappa shape index (κ2) is 9.06. The molecule has 0 amide bonds. The minimum atomic E-state index is -0.479. The third-order valence-corrected chi connectivity index (χ3v) is 5.68. The number of hydrogen-bond donors (Lipinski definition) is 0. The first-order valence-corrected chi connectivity index (χ1v) is 11.4. The van der Waals surface area contributed by atoms with E-state index in [1.807, 2.05) is 62.4 Å². The standard InChI is InChI=1S/C28H24O6/c1-3-15-31-19-9-5-17(6-10-19)23-21-13-14-22-24(18-7-11-20(12-8-18)32-16-4-2)28(30)34-26(22)25(21)33-27(23)29/h5-14H,3-4,15-16H2,1-2H3. The quantitative estimate of drug-likeness (QED) is 0.382. The number of hydrogen-bond acceptors (Lipinski definition) is 6. The zero-order valence-electron chi connectivity index (χ0n) is 19.1. The molecule has 2 heterocycles. The number of carbonyl (C=O) groups is 2. The number of carbonyl (C=O) groups excluding carboxylic acids is 2. The van der Waals surface area contributed by atoms with Crippen molar-refractivity contribution in [1.29, 1.82) is 0 Å². The number of rotatable bonds is 8. The molecule has 0 unspecified atom stereocenters. The minimum Gasteiger partial charge on any atom is -0.494 e. The smallest absolute Gasteiger partial charge is 0.345 e. The largest absolute Gasteiger partial charge is 0.494 e. The first-order chi connectivity index (χ1) is 16.6. The Morgan fingerprint density at radius 2 is 0.971 bits per heavy atom. The van der Waals surface area contributed by atoms with Gasteiger partial charge in [0.1, 0.15) is 11.5 Å². The monoisotopic (exact) mass is 456 g/mol. The van der Waals surface area contributed by atoms with Gasteiger partial charge in [-0.15, -0.1) is 0 Å². The molecule has 2 aliphatic rings. The van der Waals surface area contributed by atoms with Crippen molar-refractivity contribution in [3.05, 3.63) is 82.2 Å². The van der Waals surface area contributed by atoms with Gasteiger partial charge in [0.15, 0.2) is 11.5 Å². The second-order valence-corrected chi connectivity index (χ2v) is 8.09. The number of benzene rings is 3. The van der Waals surface area contributed by atoms with Gasteiger partial charge in [-0.3, -0.25) is 0 Å². The average Bonchev–Trinajstić information content (AvgIpc) is 3.37. The van der Waals surface area contributed by atoms with E-state index in [-0.39, 0.29) is 11.5 Å². The third kappa shape index (κ3) is 3.81. The highest BCUT2D eigenvalue weighted by Gasteiger charge is 2.33. The van der Waals surface area contributed by atoms with Crippen LogP contribution in [0, 0.1) is 0 Å². The lowest BCUT2D eigenvalue weighted by atomic mass is 10.0. The van der Waals surface area contributed by atoms with Crippen LogP contribution in [0.5, 0.6) is 23.0 Å². The molecule has 172 valence electrons. The topological polar surface area (TPSA) is 71.1 Å². The molecule has 0 aliphatic carbocycles. The minimum absolute atomic E-state index is 0.273. The van der Waals surface area contributed by atoms with Crippen LogP contribution in [0.25, 0.3) is 11.1 Å². The van der Waals surface area contributed by atoms with E-state index in [2.05, 4.69) is 0 Å². The maximum Gasteiger partial charge on any atom is 0.345 e. The van der Waals surface area contributed by atoms with Crippen molar-refractivity contribution >= 4 is 23.1 Å². The van der Waals surface area contributed by atoms with Gasteiger partial charge < -0.3 is 18.9 Å². The summed E-state index contributed by atoms with van der Waals surface area (Å²) in [6.07, 6.45) is 1.83. The van der Waals surface area contributed by atoms with Crippen molar-refractivity contribution in [3.63, 3.8) is 0 Å². The molecule has 2 aliphatic heterocycles. The highest BCUT2D eigenvalue weighted by Crippen LogP contribution is 2.33. The van der Waals surface area contributed by atoms with Gasteiger partial charge in [0.05, 0.1) is 24.4 Å². The lowest BCUT2D eigenvalue weighted by Crippen LogP contribution is -2.11. The molecule has 0 aromatic heterocycles. The van der Waals surface area contributed by atoms with Gasteiger partial charge in [0.25, 0.3) is 0 Å². The van der Waals surface area contributed by atoms with Gasteiger partial charge in [-0.2, -0.15) is 0 Å². The molecule has 0 saturated carbocycles. The molecule has 6 heteroatoms. The highest BCUT2D eigenvalue weighted by atomic mass is 16.6. The van der Waals surface area contributed by atoms with Gasteiger partial charge in [-0.05, 0) is 60.4 Å². The van der Waals surface area contributed by atoms with Crippen LogP contribution in [0.2, 0.25) is 0 Å². The summed E-state index contributed by atoms with van der Waals surface area (Å²) >= 11 is 0. The van der Waals surface area contributed by atoms with Crippen molar-refractivity contribution < 1.29 is 28.5 Å². The number of ether oxygens (including phenoxy) is 4. The molecule has 34 heavy (non-hydrogen) atoms. The Kier molecular flexibility index (Phi) is 5.80. The molecule has 3 aromatic carbocycles. The van der Waals surface area contributed by atoms with Crippen molar-refractivity contribution in [2.75, 3.05) is 13.2 Å². The fourth-order valence-electron chi connectivity index (χ4n) is 4.09. The Bertz CT molecular complexity index is 1280. The summed E-state index contributed by atoms with van der Waals surface area (Å²) < 4.78 is 22.4. The summed E-state index contributed by atoms with van der Waals surface area (Å²) in [5.74, 6) is 1.07. The maximum absolute atomic E-state index is 12.8. The predicted octanol–water partition coefficient (Wildman–Crippen LogP) is 3.50. The molecule has 0 bridgehead atoms. The van der Waals surface area contributed by atoms with Crippen LogP contribution < -0.4 is 29.4 Å². The molecule has 0 radical (unpaired) electrons. The van der Waals surface area contributed by atoms with E-state index in [0.717, 1.165) is 24.3 Å². The average molecular weight is 456 g/mol. The van der Waals surface area contributed by atoms with Gasteiger partial charge in [-0.25, -0.2) is 9.59 Å². The molecule has 0 atom stereocenters. The Hall–Kier alpha value is -4.06. The summed E-state index contributed by atoms with van der Waals surface area (Å²) in [5, 5.41) is 1.20. The zero-order chi connectivity index (χ0) is 23.7. The van der Waals surface area contributed by atoms with E-state index in [9.17, 15) is 9.59 Å². The summed E-state index contributed by atoms with van der Waals surface area (Å²) in [5.41, 5.74) is 2.29. The summed E-state index contributed by atoms with van der Waals surface area (Å²) in [4.78, 5) is 25.6. The van der Waals surface area contributed by atoms with Crippen LogP contribution in [0.4, 0.5) is 0 Å². The van der Waals surface area contributed by atoms with Crippen molar-refractivity contribution in [2.45, 2.75) is 26.7 Å². The van der Waals surface area contributed by atoms with E-state index in [1.54, 1.807) is 12.1 Å². The maximum atomic E-state index is 12.8. The molecule has 6 nitrogen and oxygen atoms in total. The summed E-state index contributed by atoms with van der Waals surface area (Å²) in [6.45, 7) is 5.35. The first-order valence-electron chi connectivity index (χ1n) is 11.4. The van der Waals surface area contributed by atoms with Gasteiger partial charge in [0.2, 0.25) is 0 Å². The number of fused-ring (bicyclic) bond motifs is 3. The molecule has 0 fully saturated rings. The fourth-order valence-corrected chi connectivity index (χ4v) is 4.09.